The summed E-state index contributed by atoms with van der Waals surface area (Å²) in [5.41, 5.74) is 0. The summed E-state index contributed by atoms with van der Waals surface area (Å²) in [7, 11) is 1.88. The lowest BCUT2D eigenvalue weighted by atomic mass is 9.54. The molecule has 1 aromatic rings. The highest BCUT2D eigenvalue weighted by molar-refractivity contribution is 5.76. The Bertz CT molecular complexity index is 615. The third-order valence-electron chi connectivity index (χ3n) is 6.00. The maximum absolute atomic E-state index is 12.6. The van der Waals surface area contributed by atoms with Gasteiger partial charge in [0.05, 0.1) is 0 Å². The van der Waals surface area contributed by atoms with E-state index in [0.717, 1.165) is 11.8 Å². The van der Waals surface area contributed by atoms with Gasteiger partial charge in [0.1, 0.15) is 6.54 Å². The molecule has 0 radical (unpaired) electrons. The van der Waals surface area contributed by atoms with Crippen LogP contribution in [0.4, 0.5) is 5.95 Å². The van der Waals surface area contributed by atoms with Crippen LogP contribution >= 0.6 is 0 Å². The van der Waals surface area contributed by atoms with Crippen LogP contribution in [0.25, 0.3) is 0 Å². The fourth-order valence-electron chi connectivity index (χ4n) is 5.39. The summed E-state index contributed by atoms with van der Waals surface area (Å²) >= 11 is 0. The van der Waals surface area contributed by atoms with Gasteiger partial charge in [0.15, 0.2) is 0 Å². The minimum absolute atomic E-state index is 0.0140. The number of carbonyl (C=O) groups is 1. The molecule has 4 saturated carbocycles. The van der Waals surface area contributed by atoms with Crippen LogP contribution in [0.5, 0.6) is 0 Å². The Morgan fingerprint density at radius 3 is 2.43 bits per heavy atom. The summed E-state index contributed by atoms with van der Waals surface area (Å²) < 4.78 is 1.26. The standard InChI is InChI=1S/C15H21N5O3/c1-18(13(21)7-19-8-16-15(17-19)20(22)23)14-11-3-9-2-10(5-11)6-12(14)4-9/h8-12,14H,2-7H2,1H3. The number of nitrogens with zero attached hydrogens (tertiary/aromatic N) is 5. The summed E-state index contributed by atoms with van der Waals surface area (Å²) in [6, 6.07) is 0.328. The summed E-state index contributed by atoms with van der Waals surface area (Å²) in [5.74, 6) is 2.50. The lowest BCUT2D eigenvalue weighted by Gasteiger charge is -2.56. The van der Waals surface area contributed by atoms with Crippen LogP contribution in [0.3, 0.4) is 0 Å². The van der Waals surface area contributed by atoms with Gasteiger partial charge in [0.2, 0.25) is 12.2 Å². The highest BCUT2D eigenvalue weighted by Crippen LogP contribution is 2.54. The highest BCUT2D eigenvalue weighted by atomic mass is 16.6. The van der Waals surface area contributed by atoms with Crippen molar-refractivity contribution in [3.8, 4) is 0 Å². The van der Waals surface area contributed by atoms with E-state index in [1.165, 1.54) is 43.1 Å². The molecule has 0 aliphatic heterocycles. The maximum atomic E-state index is 12.6. The number of aromatic nitrogens is 3. The van der Waals surface area contributed by atoms with Crippen molar-refractivity contribution in [2.24, 2.45) is 23.7 Å². The predicted octanol–water partition coefficient (Wildman–Crippen LogP) is 1.47. The average Bonchev–Trinajstić information content (AvgIpc) is 2.94. The van der Waals surface area contributed by atoms with Crippen LogP contribution in [0.1, 0.15) is 32.1 Å². The smallest absolute Gasteiger partial charge is 0.390 e. The molecular weight excluding hydrogens is 298 g/mol. The van der Waals surface area contributed by atoms with E-state index in [2.05, 4.69) is 10.1 Å². The molecule has 0 aromatic carbocycles. The quantitative estimate of drug-likeness (QED) is 0.618. The first-order valence-electron chi connectivity index (χ1n) is 8.30. The zero-order valence-electron chi connectivity index (χ0n) is 13.2. The van der Waals surface area contributed by atoms with Crippen LogP contribution in [-0.2, 0) is 11.3 Å². The Morgan fingerprint density at radius 1 is 1.30 bits per heavy atom. The number of amides is 1. The monoisotopic (exact) mass is 319 g/mol. The average molecular weight is 319 g/mol. The van der Waals surface area contributed by atoms with Crippen LogP contribution in [0.15, 0.2) is 6.33 Å². The Kier molecular flexibility index (Phi) is 3.35. The Morgan fingerprint density at radius 2 is 1.91 bits per heavy atom. The lowest BCUT2D eigenvalue weighted by molar-refractivity contribution is -0.394. The molecule has 4 bridgehead atoms. The molecule has 0 unspecified atom stereocenters. The van der Waals surface area contributed by atoms with Crippen molar-refractivity contribution in [2.45, 2.75) is 44.7 Å². The van der Waals surface area contributed by atoms with E-state index in [-0.39, 0.29) is 12.5 Å². The number of hydrogen-bond donors (Lipinski definition) is 0. The Hall–Kier alpha value is -1.99. The molecule has 23 heavy (non-hydrogen) atoms. The molecule has 4 aliphatic carbocycles. The number of likely N-dealkylation sites (N-methyl/N-ethyl adjacent to an activating group) is 1. The number of hydrogen-bond acceptors (Lipinski definition) is 5. The molecule has 8 heteroatoms. The molecule has 0 N–H and O–H groups in total. The number of carbonyl (C=O) groups excluding carboxylic acids is 1. The summed E-state index contributed by atoms with van der Waals surface area (Å²) in [5, 5.41) is 14.3. The highest BCUT2D eigenvalue weighted by Gasteiger charge is 2.50. The molecule has 5 rings (SSSR count). The maximum Gasteiger partial charge on any atom is 0.490 e. The molecule has 4 fully saturated rings. The normalized spacial score (nSPS) is 34.6. The molecule has 0 spiro atoms. The van der Waals surface area contributed by atoms with Gasteiger partial charge >= 0.3 is 5.95 Å². The molecule has 0 saturated heterocycles. The fraction of sp³-hybridized carbons (Fsp3) is 0.800. The van der Waals surface area contributed by atoms with Gasteiger partial charge in [0, 0.05) is 18.2 Å². The van der Waals surface area contributed by atoms with E-state index in [1.54, 1.807) is 0 Å². The van der Waals surface area contributed by atoms with E-state index < -0.39 is 10.9 Å². The minimum atomic E-state index is -0.650. The Balaban J connectivity index is 1.44. The van der Waals surface area contributed by atoms with Crippen LogP contribution in [-0.4, -0.2) is 43.6 Å². The molecule has 1 amide bonds. The van der Waals surface area contributed by atoms with Crippen molar-refractivity contribution in [3.63, 3.8) is 0 Å². The molecule has 1 aromatic heterocycles. The second-order valence-electron chi connectivity index (χ2n) is 7.43. The van der Waals surface area contributed by atoms with Gasteiger partial charge in [-0.2, -0.15) is 4.68 Å². The van der Waals surface area contributed by atoms with E-state index in [0.29, 0.717) is 17.9 Å². The zero-order valence-corrected chi connectivity index (χ0v) is 13.2. The first-order valence-corrected chi connectivity index (χ1v) is 8.30. The van der Waals surface area contributed by atoms with Crippen molar-refractivity contribution in [1.29, 1.82) is 0 Å². The van der Waals surface area contributed by atoms with Crippen molar-refractivity contribution < 1.29 is 9.72 Å². The Labute approximate surface area is 134 Å². The van der Waals surface area contributed by atoms with E-state index in [9.17, 15) is 14.9 Å². The second kappa shape index (κ2) is 5.28. The van der Waals surface area contributed by atoms with Gasteiger partial charge in [-0.25, -0.2) is 0 Å². The largest absolute Gasteiger partial charge is 0.490 e. The molecule has 124 valence electrons. The van der Waals surface area contributed by atoms with E-state index in [4.69, 9.17) is 0 Å². The summed E-state index contributed by atoms with van der Waals surface area (Å²) in [6.07, 6.45) is 7.66. The van der Waals surface area contributed by atoms with Gasteiger partial charge < -0.3 is 15.0 Å². The first-order chi connectivity index (χ1) is 11.0. The molecular formula is C15H21N5O3. The fourth-order valence-corrected chi connectivity index (χ4v) is 5.39. The van der Waals surface area contributed by atoms with Crippen LogP contribution in [0, 0.1) is 33.8 Å². The number of rotatable bonds is 4. The zero-order chi connectivity index (χ0) is 16.1. The molecule has 4 aliphatic rings. The summed E-state index contributed by atoms with van der Waals surface area (Å²) in [4.78, 5) is 28.0. The minimum Gasteiger partial charge on any atom is -0.390 e. The predicted molar refractivity (Wildman–Crippen MR) is 80.3 cm³/mol. The van der Waals surface area contributed by atoms with Gasteiger partial charge in [-0.15, -0.1) is 0 Å². The lowest BCUT2D eigenvalue weighted by Crippen LogP contribution is -2.56. The van der Waals surface area contributed by atoms with Crippen molar-refractivity contribution >= 4 is 11.9 Å². The number of nitro groups is 1. The molecule has 0 atom stereocenters. The summed E-state index contributed by atoms with van der Waals surface area (Å²) in [6.45, 7) is 0.0140. The van der Waals surface area contributed by atoms with Crippen molar-refractivity contribution in [2.75, 3.05) is 7.05 Å². The van der Waals surface area contributed by atoms with E-state index >= 15 is 0 Å². The van der Waals surface area contributed by atoms with Crippen LogP contribution in [0.2, 0.25) is 0 Å². The third-order valence-corrected chi connectivity index (χ3v) is 6.00. The van der Waals surface area contributed by atoms with Gasteiger partial charge in [0.25, 0.3) is 0 Å². The first kappa shape index (κ1) is 14.6. The van der Waals surface area contributed by atoms with Crippen molar-refractivity contribution in [3.05, 3.63) is 16.4 Å². The van der Waals surface area contributed by atoms with Gasteiger partial charge in [-0.05, 0) is 60.7 Å². The van der Waals surface area contributed by atoms with E-state index in [1.807, 2.05) is 11.9 Å². The van der Waals surface area contributed by atoms with Gasteiger partial charge in [-0.3, -0.25) is 4.79 Å². The molecule has 1 heterocycles. The second-order valence-corrected chi connectivity index (χ2v) is 7.43. The van der Waals surface area contributed by atoms with Crippen LogP contribution < -0.4 is 0 Å². The third kappa shape index (κ3) is 2.49. The topological polar surface area (TPSA) is 94.2 Å². The van der Waals surface area contributed by atoms with Crippen molar-refractivity contribution in [1.82, 2.24) is 19.7 Å². The SMILES string of the molecule is CN(C(=O)Cn1cnc([N+](=O)[O-])n1)C1C2CC3CC(C2)CC1C3. The molecule has 8 nitrogen and oxygen atoms in total. The van der Waals surface area contributed by atoms with Gasteiger partial charge in [-0.1, -0.05) is 4.98 Å².